The van der Waals surface area contributed by atoms with Gasteiger partial charge in [0.2, 0.25) is 0 Å². The molecule has 11 heteroatoms. The minimum absolute atomic E-state index is 0.197. The van der Waals surface area contributed by atoms with Gasteiger partial charge in [-0.1, -0.05) is 17.3 Å². The Kier molecular flexibility index (Phi) is 5.81. The molecule has 3 heterocycles. The van der Waals surface area contributed by atoms with Crippen molar-refractivity contribution in [3.63, 3.8) is 0 Å². The molecule has 5 rings (SSSR count). The first-order valence-corrected chi connectivity index (χ1v) is 10.8. The Balaban J connectivity index is 1.14. The largest absolute Gasteiger partial charge is 0.489 e. The highest BCUT2D eigenvalue weighted by Gasteiger charge is 2.41. The van der Waals surface area contributed by atoms with Gasteiger partial charge >= 0.3 is 11.8 Å². The molecular weight excluding hydrogens is 459 g/mol. The molecule has 0 saturated heterocycles. The van der Waals surface area contributed by atoms with E-state index in [1.54, 1.807) is 34.9 Å². The summed E-state index contributed by atoms with van der Waals surface area (Å²) in [4.78, 5) is 14.2. The van der Waals surface area contributed by atoms with Crippen molar-refractivity contribution in [3.8, 4) is 28.8 Å². The Morgan fingerprint density at radius 3 is 2.54 bits per heavy atom. The highest BCUT2D eigenvalue weighted by molar-refractivity contribution is 5.59. The van der Waals surface area contributed by atoms with E-state index in [1.165, 1.54) is 6.20 Å². The SMILES string of the molecule is C[C@]1(COc2ccc(-c3cc(COc4ccc(CF)cc4)on3)cc2)Cn2cc([N+](=O)[O-])nc2O1. The number of benzene rings is 2. The molecule has 0 aliphatic carbocycles. The van der Waals surface area contributed by atoms with Crippen molar-refractivity contribution in [1.82, 2.24) is 14.7 Å². The summed E-state index contributed by atoms with van der Waals surface area (Å²) >= 11 is 0. The van der Waals surface area contributed by atoms with E-state index in [0.29, 0.717) is 35.1 Å². The van der Waals surface area contributed by atoms with Crippen LogP contribution in [0.1, 0.15) is 18.2 Å². The quantitative estimate of drug-likeness (QED) is 0.250. The number of nitrogens with zero attached hydrogens (tertiary/aromatic N) is 4. The highest BCUT2D eigenvalue weighted by atomic mass is 19.1. The predicted octanol–water partition coefficient (Wildman–Crippen LogP) is 4.72. The molecule has 0 saturated carbocycles. The third-order valence-electron chi connectivity index (χ3n) is 5.47. The zero-order valence-corrected chi connectivity index (χ0v) is 18.7. The maximum atomic E-state index is 12.6. The van der Waals surface area contributed by atoms with Gasteiger partial charge in [0.15, 0.2) is 11.4 Å². The number of alkyl halides is 1. The molecule has 1 aliphatic rings. The second-order valence-electron chi connectivity index (χ2n) is 8.38. The number of nitro groups is 1. The molecule has 0 spiro atoms. The number of rotatable bonds is 9. The number of hydrogen-bond acceptors (Lipinski definition) is 8. The smallest absolute Gasteiger partial charge is 0.415 e. The topological polar surface area (TPSA) is 115 Å². The molecule has 180 valence electrons. The van der Waals surface area contributed by atoms with E-state index in [0.717, 1.165) is 5.56 Å². The Labute approximate surface area is 199 Å². The average Bonchev–Trinajstić information content (AvgIpc) is 3.56. The summed E-state index contributed by atoms with van der Waals surface area (Å²) in [5.41, 5.74) is 1.40. The van der Waals surface area contributed by atoms with Crippen molar-refractivity contribution in [2.75, 3.05) is 6.61 Å². The van der Waals surface area contributed by atoms with Crippen LogP contribution in [-0.4, -0.2) is 31.8 Å². The number of imidazole rings is 1. The van der Waals surface area contributed by atoms with E-state index in [2.05, 4.69) is 10.1 Å². The maximum Gasteiger partial charge on any atom is 0.415 e. The number of aromatic nitrogens is 3. The standard InChI is InChI=1S/C24H21FN4O6/c1-24(14-28-12-22(29(30)31)26-23(28)34-24)15-33-19-8-4-17(5-9-19)21-10-20(35-27-21)13-32-18-6-2-16(11-25)3-7-18/h2-10,12H,11,13-15H2,1H3/t24-/m1/s1. The summed E-state index contributed by atoms with van der Waals surface area (Å²) in [6.45, 7) is 2.17. The summed E-state index contributed by atoms with van der Waals surface area (Å²) in [6, 6.07) is 16.1. The third-order valence-corrected chi connectivity index (χ3v) is 5.47. The molecule has 0 amide bonds. The van der Waals surface area contributed by atoms with Crippen LogP contribution in [0, 0.1) is 10.1 Å². The Morgan fingerprint density at radius 1 is 1.14 bits per heavy atom. The number of hydrogen-bond donors (Lipinski definition) is 0. The van der Waals surface area contributed by atoms with Gasteiger partial charge in [-0.25, -0.2) is 4.39 Å². The van der Waals surface area contributed by atoms with Crippen molar-refractivity contribution in [1.29, 1.82) is 0 Å². The van der Waals surface area contributed by atoms with Gasteiger partial charge < -0.3 is 28.8 Å². The second-order valence-corrected chi connectivity index (χ2v) is 8.38. The summed E-state index contributed by atoms with van der Waals surface area (Å²) in [6.07, 6.45) is 1.36. The lowest BCUT2D eigenvalue weighted by atomic mass is 10.1. The first-order valence-electron chi connectivity index (χ1n) is 10.8. The van der Waals surface area contributed by atoms with Crippen LogP contribution in [0.5, 0.6) is 17.5 Å². The van der Waals surface area contributed by atoms with Gasteiger partial charge in [-0.2, -0.15) is 0 Å². The van der Waals surface area contributed by atoms with Crippen LogP contribution >= 0.6 is 0 Å². The molecule has 35 heavy (non-hydrogen) atoms. The van der Waals surface area contributed by atoms with Gasteiger partial charge in [0.1, 0.15) is 43.3 Å². The summed E-state index contributed by atoms with van der Waals surface area (Å²) in [5, 5.41) is 14.9. The number of ether oxygens (including phenoxy) is 3. The van der Waals surface area contributed by atoms with Gasteiger partial charge in [-0.15, -0.1) is 0 Å². The van der Waals surface area contributed by atoms with Crippen LogP contribution in [0.2, 0.25) is 0 Å². The Bertz CT molecular complexity index is 1310. The Hall–Kier alpha value is -4.41. The number of fused-ring (bicyclic) bond motifs is 1. The van der Waals surface area contributed by atoms with E-state index in [9.17, 15) is 14.5 Å². The van der Waals surface area contributed by atoms with Crippen LogP contribution in [0.3, 0.4) is 0 Å². The molecule has 4 aromatic rings. The zero-order valence-electron chi connectivity index (χ0n) is 18.7. The molecule has 10 nitrogen and oxygen atoms in total. The minimum Gasteiger partial charge on any atom is -0.489 e. The molecule has 1 atom stereocenters. The fourth-order valence-corrected chi connectivity index (χ4v) is 3.66. The van der Waals surface area contributed by atoms with Crippen LogP contribution in [0.15, 0.2) is 65.3 Å². The van der Waals surface area contributed by atoms with E-state index in [4.69, 9.17) is 18.7 Å². The molecule has 0 bridgehead atoms. The van der Waals surface area contributed by atoms with Gasteiger partial charge in [0, 0.05) is 16.6 Å². The highest BCUT2D eigenvalue weighted by Crippen LogP contribution is 2.32. The van der Waals surface area contributed by atoms with Crippen molar-refractivity contribution >= 4 is 5.82 Å². The molecule has 1 aliphatic heterocycles. The first kappa shape index (κ1) is 22.4. The average molecular weight is 480 g/mol. The molecule has 2 aromatic carbocycles. The van der Waals surface area contributed by atoms with E-state index < -0.39 is 17.2 Å². The first-order chi connectivity index (χ1) is 16.9. The monoisotopic (exact) mass is 480 g/mol. The number of halogens is 1. The minimum atomic E-state index is -0.691. The Morgan fingerprint density at radius 2 is 1.86 bits per heavy atom. The van der Waals surface area contributed by atoms with Gasteiger partial charge in [-0.3, -0.25) is 4.57 Å². The molecule has 0 N–H and O–H groups in total. The van der Waals surface area contributed by atoms with Gasteiger partial charge in [0.25, 0.3) is 0 Å². The molecular formula is C24H21FN4O6. The van der Waals surface area contributed by atoms with Crippen molar-refractivity contribution in [2.24, 2.45) is 0 Å². The normalized spacial score (nSPS) is 16.5. The lowest BCUT2D eigenvalue weighted by molar-refractivity contribution is -0.389. The third kappa shape index (κ3) is 4.93. The van der Waals surface area contributed by atoms with Gasteiger partial charge in [-0.05, 0) is 53.8 Å². The zero-order chi connectivity index (χ0) is 24.4. The maximum absolute atomic E-state index is 12.6. The molecule has 2 aromatic heterocycles. The predicted molar refractivity (Wildman–Crippen MR) is 121 cm³/mol. The van der Waals surface area contributed by atoms with E-state index in [-0.39, 0.29) is 25.0 Å². The van der Waals surface area contributed by atoms with E-state index >= 15 is 0 Å². The van der Waals surface area contributed by atoms with E-state index in [1.807, 2.05) is 31.2 Å². The van der Waals surface area contributed by atoms with Crippen LogP contribution in [0.4, 0.5) is 10.2 Å². The second kappa shape index (κ2) is 9.09. The fourth-order valence-electron chi connectivity index (χ4n) is 3.66. The fraction of sp³-hybridized carbons (Fsp3) is 0.250. The lowest BCUT2D eigenvalue weighted by Crippen LogP contribution is -2.38. The van der Waals surface area contributed by atoms with Crippen molar-refractivity contribution in [2.45, 2.75) is 32.4 Å². The van der Waals surface area contributed by atoms with Crippen LogP contribution < -0.4 is 14.2 Å². The van der Waals surface area contributed by atoms with Crippen molar-refractivity contribution in [3.05, 3.63) is 82.2 Å². The molecule has 0 fully saturated rings. The molecule has 0 radical (unpaired) electrons. The van der Waals surface area contributed by atoms with Gasteiger partial charge in [0.05, 0.1) is 6.54 Å². The van der Waals surface area contributed by atoms with Crippen LogP contribution in [0.25, 0.3) is 11.3 Å². The lowest BCUT2D eigenvalue weighted by Gasteiger charge is -2.22. The molecule has 0 unspecified atom stereocenters. The summed E-state index contributed by atoms with van der Waals surface area (Å²) in [7, 11) is 0. The summed E-state index contributed by atoms with van der Waals surface area (Å²) in [5.74, 6) is 1.56. The van der Waals surface area contributed by atoms with Crippen LogP contribution in [-0.2, 0) is 19.8 Å². The summed E-state index contributed by atoms with van der Waals surface area (Å²) < 4.78 is 36.9. The van der Waals surface area contributed by atoms with Crippen molar-refractivity contribution < 1.29 is 28.0 Å².